The number of fused-ring (bicyclic) bond motifs is 3. The summed E-state index contributed by atoms with van der Waals surface area (Å²) >= 11 is 0. The summed E-state index contributed by atoms with van der Waals surface area (Å²) in [6.45, 7) is -0.526. The molecule has 0 saturated carbocycles. The average molecular weight is 648 g/mol. The summed E-state index contributed by atoms with van der Waals surface area (Å²) in [6, 6.07) is 58.2. The first-order chi connectivity index (χ1) is 27.5. The minimum Gasteiger partial charge on any atom is -0.310 e. The van der Waals surface area contributed by atoms with Gasteiger partial charge in [-0.25, -0.2) is 0 Å². The van der Waals surface area contributed by atoms with Crippen molar-refractivity contribution in [1.82, 2.24) is 0 Å². The van der Waals surface area contributed by atoms with Gasteiger partial charge in [0.25, 0.3) is 0 Å². The molecule has 0 amide bonds. The highest BCUT2D eigenvalue weighted by atomic mass is 15.1. The topological polar surface area (TPSA) is 6.48 Å². The molecule has 0 aliphatic heterocycles. The second kappa shape index (κ2) is 12.6. The first-order valence-corrected chi connectivity index (χ1v) is 16.7. The van der Waals surface area contributed by atoms with Crippen LogP contribution in [0.2, 0.25) is 0 Å². The van der Waals surface area contributed by atoms with Crippen LogP contribution in [0.5, 0.6) is 0 Å². The Kier molecular flexibility index (Phi) is 5.80. The molecule has 0 saturated heterocycles. The number of aryl methyl sites for hydroxylation is 2. The van der Waals surface area contributed by atoms with Crippen LogP contribution in [0.4, 0.5) is 34.1 Å². The Labute approximate surface area is 303 Å². The highest BCUT2D eigenvalue weighted by molar-refractivity contribution is 6.00. The molecule has 0 radical (unpaired) electrons. The van der Waals surface area contributed by atoms with Crippen molar-refractivity contribution in [2.45, 2.75) is 12.7 Å². The fourth-order valence-corrected chi connectivity index (χ4v) is 6.92. The predicted octanol–water partition coefficient (Wildman–Crippen LogP) is 13.3. The lowest BCUT2D eigenvalue weighted by Crippen LogP contribution is -2.14. The molecule has 238 valence electrons. The van der Waals surface area contributed by atoms with Gasteiger partial charge >= 0.3 is 0 Å². The lowest BCUT2D eigenvalue weighted by Gasteiger charge is -2.29. The third-order valence-corrected chi connectivity index (χ3v) is 9.46. The number of hydrogen-bond donors (Lipinski definition) is 0. The largest absolute Gasteiger partial charge is 0.310 e. The van der Waals surface area contributed by atoms with Crippen LogP contribution in [0.25, 0.3) is 38.7 Å². The molecule has 2 nitrogen and oxygen atoms in total. The summed E-state index contributed by atoms with van der Waals surface area (Å²) in [5.74, 6) is 0. The molecule has 0 spiro atoms. The Bertz CT molecular complexity index is 2820. The summed E-state index contributed by atoms with van der Waals surface area (Å²) < 4.78 is 57.0. The SMILES string of the molecule is [2H]C([2H])=C([2H])c1ccc(N(c2ccc(-c3ccc(N(c4ccc5c(c4)C([2H])([2H])C5([2H])[2H])c4cccc5ccccc45)cc3)cc2)c2cccc3ccccc23)cc1. The fraction of sp³-hybridized carbons (Fsp3) is 0.0417. The van der Waals surface area contributed by atoms with E-state index in [0.29, 0.717) is 16.7 Å². The molecule has 8 aromatic carbocycles. The summed E-state index contributed by atoms with van der Waals surface area (Å²) in [5.41, 5.74) is 8.68. The van der Waals surface area contributed by atoms with Crippen LogP contribution >= 0.6 is 0 Å². The molecule has 0 atom stereocenters. The van der Waals surface area contributed by atoms with Gasteiger partial charge in [0.05, 0.1) is 15.5 Å². The molecular formula is C48H36N2. The molecule has 0 aromatic heterocycles. The van der Waals surface area contributed by atoms with Crippen LogP contribution < -0.4 is 9.80 Å². The quantitative estimate of drug-likeness (QED) is 0.162. The van der Waals surface area contributed by atoms with E-state index in [4.69, 9.17) is 9.60 Å². The van der Waals surface area contributed by atoms with E-state index in [-0.39, 0.29) is 6.05 Å². The number of anilines is 6. The van der Waals surface area contributed by atoms with Crippen molar-refractivity contribution < 1.29 is 9.60 Å². The van der Waals surface area contributed by atoms with Gasteiger partial charge in [-0.05, 0) is 112 Å². The summed E-state index contributed by atoms with van der Waals surface area (Å²) in [6.07, 6.45) is -4.14. The molecule has 0 fully saturated rings. The molecule has 8 aromatic rings. The zero-order chi connectivity index (χ0) is 39.5. The Morgan fingerprint density at radius 3 is 1.50 bits per heavy atom. The number of hydrogen-bond acceptors (Lipinski definition) is 2. The van der Waals surface area contributed by atoms with E-state index >= 15 is 0 Å². The second-order valence-corrected chi connectivity index (χ2v) is 12.4. The van der Waals surface area contributed by atoms with Crippen LogP contribution in [-0.2, 0) is 12.7 Å². The van der Waals surface area contributed by atoms with Gasteiger partial charge in [0.15, 0.2) is 0 Å². The van der Waals surface area contributed by atoms with Gasteiger partial charge in [0.1, 0.15) is 0 Å². The van der Waals surface area contributed by atoms with E-state index in [1.165, 1.54) is 0 Å². The molecule has 0 N–H and O–H groups in total. The Hall–Kier alpha value is -6.38. The van der Waals surface area contributed by atoms with E-state index in [1.54, 1.807) is 24.3 Å². The van der Waals surface area contributed by atoms with Crippen LogP contribution in [0.1, 0.15) is 26.3 Å². The summed E-state index contributed by atoms with van der Waals surface area (Å²) in [5, 5.41) is 4.32. The van der Waals surface area contributed by atoms with Gasteiger partial charge < -0.3 is 9.80 Å². The van der Waals surface area contributed by atoms with Gasteiger partial charge in [0.2, 0.25) is 0 Å². The van der Waals surface area contributed by atoms with Crippen molar-refractivity contribution in [3.05, 3.63) is 199 Å². The van der Waals surface area contributed by atoms with Gasteiger partial charge in [0, 0.05) is 39.0 Å². The first kappa shape index (κ1) is 23.1. The van der Waals surface area contributed by atoms with E-state index in [1.807, 2.05) is 54.6 Å². The number of benzene rings is 8. The number of rotatable bonds is 8. The van der Waals surface area contributed by atoms with Crippen LogP contribution in [0.3, 0.4) is 0 Å². The van der Waals surface area contributed by atoms with E-state index in [0.717, 1.165) is 66.8 Å². The molecule has 0 heterocycles. The van der Waals surface area contributed by atoms with Gasteiger partial charge in [-0.2, -0.15) is 0 Å². The number of nitrogens with zero attached hydrogens (tertiary/aromatic N) is 2. The summed E-state index contributed by atoms with van der Waals surface area (Å²) in [7, 11) is 0. The highest BCUT2D eigenvalue weighted by Gasteiger charge is 2.20. The maximum Gasteiger partial charge on any atom is 0.0623 e. The van der Waals surface area contributed by atoms with Crippen molar-refractivity contribution in [3.8, 4) is 11.1 Å². The fourth-order valence-electron chi connectivity index (χ4n) is 6.92. The van der Waals surface area contributed by atoms with Crippen molar-refractivity contribution >= 4 is 61.7 Å². The maximum absolute atomic E-state index is 8.52. The van der Waals surface area contributed by atoms with E-state index in [9.17, 15) is 0 Å². The predicted molar refractivity (Wildman–Crippen MR) is 214 cm³/mol. The summed E-state index contributed by atoms with van der Waals surface area (Å²) in [4.78, 5) is 4.29. The van der Waals surface area contributed by atoms with Crippen molar-refractivity contribution in [3.63, 3.8) is 0 Å². The second-order valence-electron chi connectivity index (χ2n) is 12.4. The average Bonchev–Trinajstić information content (AvgIpc) is 3.24. The lowest BCUT2D eigenvalue weighted by atomic mass is 9.88. The molecule has 1 aliphatic carbocycles. The molecule has 1 aliphatic rings. The van der Waals surface area contributed by atoms with Gasteiger partial charge in [-0.1, -0.05) is 128 Å². The Morgan fingerprint density at radius 1 is 0.480 bits per heavy atom. The monoisotopic (exact) mass is 647 g/mol. The first-order valence-electron chi connectivity index (χ1n) is 20.2. The molecule has 0 unspecified atom stereocenters. The molecule has 9 rings (SSSR count). The third-order valence-electron chi connectivity index (χ3n) is 9.46. The molecular weight excluding hydrogens is 605 g/mol. The molecule has 50 heavy (non-hydrogen) atoms. The smallest absolute Gasteiger partial charge is 0.0623 e. The molecule has 0 bridgehead atoms. The minimum atomic E-state index is -2.09. The zero-order valence-corrected chi connectivity index (χ0v) is 27.1. The van der Waals surface area contributed by atoms with Crippen molar-refractivity contribution in [2.75, 3.05) is 9.80 Å². The minimum absolute atomic E-state index is 0.127. The van der Waals surface area contributed by atoms with Gasteiger partial charge in [-0.15, -0.1) is 0 Å². The van der Waals surface area contributed by atoms with E-state index < -0.39 is 19.3 Å². The normalized spacial score (nSPS) is 15.9. The lowest BCUT2D eigenvalue weighted by molar-refractivity contribution is 0.839. The third kappa shape index (κ3) is 5.32. The van der Waals surface area contributed by atoms with Gasteiger partial charge in [-0.3, -0.25) is 0 Å². The standard InChI is InChI=1S/C48H36N2/c1-2-34-17-26-41(27-18-34)49(47-15-7-11-38-9-3-5-13-45(38)47)42-28-21-35(22-29-42)36-23-30-43(31-24-36)50(44-32-25-37-19-20-40(37)33-44)48-16-8-12-39-10-4-6-14-46(39)48/h2-18,21-33H,1,19-20H2/i1D2,2D,19D2,20D2. The van der Waals surface area contributed by atoms with E-state index in [2.05, 4.69) is 107 Å². The van der Waals surface area contributed by atoms with Crippen molar-refractivity contribution in [1.29, 1.82) is 0 Å². The van der Waals surface area contributed by atoms with Crippen LogP contribution in [0.15, 0.2) is 182 Å². The maximum atomic E-state index is 8.52. The Morgan fingerprint density at radius 2 is 0.940 bits per heavy atom. The molecule has 2 heteroatoms. The van der Waals surface area contributed by atoms with Crippen LogP contribution in [0, 0.1) is 0 Å². The zero-order valence-electron chi connectivity index (χ0n) is 34.1. The van der Waals surface area contributed by atoms with Crippen LogP contribution in [-0.4, -0.2) is 0 Å². The Balaban J connectivity index is 1.09. The highest BCUT2D eigenvalue weighted by Crippen LogP contribution is 2.42. The van der Waals surface area contributed by atoms with Crippen molar-refractivity contribution in [2.24, 2.45) is 0 Å².